The van der Waals surface area contributed by atoms with Crippen LogP contribution in [-0.2, 0) is 14.3 Å². The van der Waals surface area contributed by atoms with Crippen LogP contribution >= 0.6 is 23.4 Å². The Balaban J connectivity index is 1.69. The third-order valence-electron chi connectivity index (χ3n) is 5.54. The van der Waals surface area contributed by atoms with Crippen molar-refractivity contribution in [3.05, 3.63) is 87.9 Å². The number of rotatable bonds is 10. The third kappa shape index (κ3) is 5.79. The van der Waals surface area contributed by atoms with Gasteiger partial charge in [-0.1, -0.05) is 30.3 Å². The quantitative estimate of drug-likeness (QED) is 0.245. The molecule has 4 rings (SSSR count). The summed E-state index contributed by atoms with van der Waals surface area (Å²) in [6, 6.07) is 18.2. The first-order valence-corrected chi connectivity index (χ1v) is 12.9. The molecular formula is C28H25ClN2O6S. The van der Waals surface area contributed by atoms with Crippen LogP contribution in [0.25, 0.3) is 0 Å². The zero-order valence-corrected chi connectivity index (χ0v) is 22.5. The number of halogens is 1. The maximum absolute atomic E-state index is 13.7. The fourth-order valence-corrected chi connectivity index (χ4v) is 4.68. The molecule has 2 amide bonds. The van der Waals surface area contributed by atoms with Crippen molar-refractivity contribution in [3.63, 3.8) is 0 Å². The standard InChI is InChI=1S/C28H25ClN2O6S/c1-4-15-37-28(34)17-5-9-19(10-6-17)31-26(32)24(30-22-14-11-20(35-2)16-23(22)36-3)25(27(31)33)38-21-12-7-18(29)8-13-21/h5-14,16,30H,4,15H2,1-3H3. The van der Waals surface area contributed by atoms with Gasteiger partial charge in [0, 0.05) is 16.0 Å². The number of carbonyl (C=O) groups excluding carboxylic acids is 3. The lowest BCUT2D eigenvalue weighted by Gasteiger charge is -2.16. The summed E-state index contributed by atoms with van der Waals surface area (Å²) in [5, 5.41) is 3.65. The molecule has 3 aromatic rings. The molecule has 8 nitrogen and oxygen atoms in total. The van der Waals surface area contributed by atoms with Gasteiger partial charge in [0.1, 0.15) is 22.1 Å². The molecule has 0 saturated carbocycles. The predicted octanol–water partition coefficient (Wildman–Crippen LogP) is 5.91. The van der Waals surface area contributed by atoms with Crippen LogP contribution in [0.2, 0.25) is 5.02 Å². The molecule has 0 spiro atoms. The predicted molar refractivity (Wildman–Crippen MR) is 147 cm³/mol. The van der Waals surface area contributed by atoms with Gasteiger partial charge in [0.2, 0.25) is 0 Å². The van der Waals surface area contributed by atoms with Crippen LogP contribution in [0.4, 0.5) is 11.4 Å². The van der Waals surface area contributed by atoms with E-state index >= 15 is 0 Å². The Morgan fingerprint density at radius 2 is 1.66 bits per heavy atom. The van der Waals surface area contributed by atoms with E-state index in [4.69, 9.17) is 25.8 Å². The van der Waals surface area contributed by atoms with Crippen molar-refractivity contribution in [2.24, 2.45) is 0 Å². The smallest absolute Gasteiger partial charge is 0.338 e. The Labute approximate surface area is 229 Å². The molecule has 1 heterocycles. The van der Waals surface area contributed by atoms with Crippen LogP contribution in [0.15, 0.2) is 82.2 Å². The van der Waals surface area contributed by atoms with Crippen LogP contribution in [0.1, 0.15) is 23.7 Å². The molecule has 0 atom stereocenters. The van der Waals surface area contributed by atoms with E-state index in [9.17, 15) is 14.4 Å². The summed E-state index contributed by atoms with van der Waals surface area (Å²) < 4.78 is 15.9. The highest BCUT2D eigenvalue weighted by molar-refractivity contribution is 8.04. The van der Waals surface area contributed by atoms with Crippen LogP contribution in [-0.4, -0.2) is 38.6 Å². The Kier molecular flexibility index (Phi) is 8.60. The Morgan fingerprint density at radius 1 is 0.947 bits per heavy atom. The summed E-state index contributed by atoms with van der Waals surface area (Å²) in [6.45, 7) is 2.21. The van der Waals surface area contributed by atoms with Crippen LogP contribution < -0.4 is 19.7 Å². The summed E-state index contributed by atoms with van der Waals surface area (Å²) in [5.74, 6) is -0.521. The number of nitrogens with one attached hydrogen (secondary N) is 1. The summed E-state index contributed by atoms with van der Waals surface area (Å²) in [6.07, 6.45) is 0.703. The van der Waals surface area contributed by atoms with Crippen LogP contribution in [0.5, 0.6) is 11.5 Å². The minimum atomic E-state index is -0.550. The number of hydrogen-bond donors (Lipinski definition) is 1. The topological polar surface area (TPSA) is 94.2 Å². The number of imide groups is 1. The second-order valence-electron chi connectivity index (χ2n) is 8.08. The van der Waals surface area contributed by atoms with Gasteiger partial charge in [-0.3, -0.25) is 9.59 Å². The first-order chi connectivity index (χ1) is 18.4. The number of methoxy groups -OCH3 is 2. The van der Waals surface area contributed by atoms with Gasteiger partial charge in [0.05, 0.1) is 37.8 Å². The number of amides is 2. The first-order valence-electron chi connectivity index (χ1n) is 11.7. The lowest BCUT2D eigenvalue weighted by Crippen LogP contribution is -2.32. The van der Waals surface area contributed by atoms with Gasteiger partial charge in [-0.05, 0) is 67.1 Å². The van der Waals surface area contributed by atoms with Crippen molar-refractivity contribution in [1.82, 2.24) is 0 Å². The van der Waals surface area contributed by atoms with Gasteiger partial charge >= 0.3 is 5.97 Å². The van der Waals surface area contributed by atoms with Crippen molar-refractivity contribution in [1.29, 1.82) is 0 Å². The molecule has 0 saturated heterocycles. The van der Waals surface area contributed by atoms with Gasteiger partial charge in [-0.15, -0.1) is 0 Å². The minimum absolute atomic E-state index is 0.0878. The normalized spacial score (nSPS) is 13.1. The highest BCUT2D eigenvalue weighted by atomic mass is 35.5. The van der Waals surface area contributed by atoms with Crippen molar-refractivity contribution in [3.8, 4) is 11.5 Å². The van der Waals surface area contributed by atoms with Gasteiger partial charge in [-0.25, -0.2) is 9.69 Å². The van der Waals surface area contributed by atoms with Crippen LogP contribution in [0, 0.1) is 0 Å². The molecule has 0 bridgehead atoms. The van der Waals surface area contributed by atoms with E-state index < -0.39 is 17.8 Å². The molecule has 0 aliphatic carbocycles. The molecule has 38 heavy (non-hydrogen) atoms. The number of thioether (sulfide) groups is 1. The van der Waals surface area contributed by atoms with Crippen LogP contribution in [0.3, 0.4) is 0 Å². The lowest BCUT2D eigenvalue weighted by molar-refractivity contribution is -0.120. The Hall–Kier alpha value is -3.95. The fourth-order valence-electron chi connectivity index (χ4n) is 3.63. The SMILES string of the molecule is CCCOC(=O)c1ccc(N2C(=O)C(Nc3ccc(OC)cc3OC)=C(Sc3ccc(Cl)cc3)C2=O)cc1. The van der Waals surface area contributed by atoms with E-state index in [2.05, 4.69) is 5.32 Å². The largest absolute Gasteiger partial charge is 0.497 e. The van der Waals surface area contributed by atoms with E-state index in [1.165, 1.54) is 26.4 Å². The second kappa shape index (κ2) is 12.1. The Morgan fingerprint density at radius 3 is 2.29 bits per heavy atom. The maximum Gasteiger partial charge on any atom is 0.338 e. The number of carbonyl (C=O) groups is 3. The number of ether oxygens (including phenoxy) is 3. The fraction of sp³-hybridized carbons (Fsp3) is 0.179. The zero-order valence-electron chi connectivity index (χ0n) is 20.9. The molecule has 0 unspecified atom stereocenters. The minimum Gasteiger partial charge on any atom is -0.497 e. The van der Waals surface area contributed by atoms with Crippen molar-refractivity contribution >= 4 is 52.5 Å². The van der Waals surface area contributed by atoms with Crippen molar-refractivity contribution in [2.75, 3.05) is 31.0 Å². The van der Waals surface area contributed by atoms with Gasteiger partial charge < -0.3 is 19.5 Å². The van der Waals surface area contributed by atoms with E-state index in [1.54, 1.807) is 54.6 Å². The van der Waals surface area contributed by atoms with E-state index in [0.29, 0.717) is 46.5 Å². The second-order valence-corrected chi connectivity index (χ2v) is 9.60. The Bertz CT molecular complexity index is 1390. The summed E-state index contributed by atoms with van der Waals surface area (Å²) in [5.41, 5.74) is 1.21. The number of anilines is 2. The average molecular weight is 553 g/mol. The van der Waals surface area contributed by atoms with E-state index in [-0.39, 0.29) is 10.6 Å². The molecule has 0 aromatic heterocycles. The van der Waals surface area contributed by atoms with Gasteiger partial charge in [0.25, 0.3) is 11.8 Å². The molecule has 1 N–H and O–H groups in total. The number of benzene rings is 3. The molecule has 0 radical (unpaired) electrons. The van der Waals surface area contributed by atoms with Crippen molar-refractivity contribution in [2.45, 2.75) is 18.2 Å². The molecular weight excluding hydrogens is 528 g/mol. The average Bonchev–Trinajstić information content (AvgIpc) is 3.16. The summed E-state index contributed by atoms with van der Waals surface area (Å²) in [4.78, 5) is 41.4. The molecule has 196 valence electrons. The van der Waals surface area contributed by atoms with Crippen molar-refractivity contribution < 1.29 is 28.6 Å². The third-order valence-corrected chi connectivity index (χ3v) is 6.88. The summed E-state index contributed by atoms with van der Waals surface area (Å²) in [7, 11) is 3.04. The van der Waals surface area contributed by atoms with Gasteiger partial charge in [-0.2, -0.15) is 0 Å². The highest BCUT2D eigenvalue weighted by Gasteiger charge is 2.40. The molecule has 1 aliphatic rings. The van der Waals surface area contributed by atoms with Gasteiger partial charge in [0.15, 0.2) is 0 Å². The highest BCUT2D eigenvalue weighted by Crippen LogP contribution is 2.40. The number of esters is 1. The van der Waals surface area contributed by atoms with E-state index in [1.807, 2.05) is 6.92 Å². The lowest BCUT2D eigenvalue weighted by atomic mass is 10.2. The van der Waals surface area contributed by atoms with E-state index in [0.717, 1.165) is 21.6 Å². The maximum atomic E-state index is 13.7. The molecule has 10 heteroatoms. The zero-order chi connectivity index (χ0) is 27.2. The number of hydrogen-bond acceptors (Lipinski definition) is 8. The monoisotopic (exact) mass is 552 g/mol. The first kappa shape index (κ1) is 27.1. The molecule has 0 fully saturated rings. The summed E-state index contributed by atoms with van der Waals surface area (Å²) >= 11 is 7.16. The molecule has 1 aliphatic heterocycles. The number of nitrogens with zero attached hydrogens (tertiary/aromatic N) is 1. The molecule has 3 aromatic carbocycles.